The standard InChI is InChI=1S/C22H20ClIN2O3/c1-13-5-4-10-25(22(29)17-11-14(23)8-9-18(17)24)19(13)12-26-20(27)15-6-2-3-7-16(15)21(26)28/h2-3,6-9,11,13,19H,4-5,10,12H2,1H3. The maximum Gasteiger partial charge on any atom is 0.261 e. The van der Waals surface area contributed by atoms with Crippen LogP contribution in [0.4, 0.5) is 0 Å². The van der Waals surface area contributed by atoms with Gasteiger partial charge in [0.25, 0.3) is 17.7 Å². The molecule has 150 valence electrons. The quantitative estimate of drug-likeness (QED) is 0.441. The van der Waals surface area contributed by atoms with Crippen molar-refractivity contribution < 1.29 is 14.4 Å². The SMILES string of the molecule is CC1CCCN(C(=O)c2cc(Cl)ccc2I)C1CN1C(=O)c2ccccc2C1=O. The van der Waals surface area contributed by atoms with Crippen LogP contribution in [0.2, 0.25) is 5.02 Å². The van der Waals surface area contributed by atoms with Crippen LogP contribution in [0.3, 0.4) is 0 Å². The Balaban J connectivity index is 1.63. The molecule has 0 bridgehead atoms. The summed E-state index contributed by atoms with van der Waals surface area (Å²) in [5.74, 6) is -0.500. The molecule has 4 rings (SSSR count). The maximum absolute atomic E-state index is 13.4. The molecule has 2 aromatic carbocycles. The topological polar surface area (TPSA) is 57.7 Å². The Bertz CT molecular complexity index is 974. The van der Waals surface area contributed by atoms with E-state index in [0.29, 0.717) is 28.3 Å². The summed E-state index contributed by atoms with van der Waals surface area (Å²) >= 11 is 8.25. The number of amides is 3. The van der Waals surface area contributed by atoms with E-state index in [9.17, 15) is 14.4 Å². The first-order valence-corrected chi connectivity index (χ1v) is 11.1. The van der Waals surface area contributed by atoms with Gasteiger partial charge in [-0.05, 0) is 71.7 Å². The molecule has 2 aliphatic rings. The van der Waals surface area contributed by atoms with Gasteiger partial charge < -0.3 is 4.90 Å². The Morgan fingerprint density at radius 1 is 1.14 bits per heavy atom. The van der Waals surface area contributed by atoms with Crippen molar-refractivity contribution in [1.29, 1.82) is 0 Å². The highest BCUT2D eigenvalue weighted by Crippen LogP contribution is 2.30. The van der Waals surface area contributed by atoms with Crippen molar-refractivity contribution in [3.8, 4) is 0 Å². The van der Waals surface area contributed by atoms with Crippen LogP contribution >= 0.6 is 34.2 Å². The summed E-state index contributed by atoms with van der Waals surface area (Å²) in [6, 6.07) is 11.9. The van der Waals surface area contributed by atoms with E-state index in [4.69, 9.17) is 11.6 Å². The lowest BCUT2D eigenvalue weighted by molar-refractivity contribution is 0.0368. The normalized spacial score (nSPS) is 21.5. The van der Waals surface area contributed by atoms with E-state index in [-0.39, 0.29) is 36.2 Å². The molecule has 0 radical (unpaired) electrons. The minimum Gasteiger partial charge on any atom is -0.334 e. The van der Waals surface area contributed by atoms with E-state index in [2.05, 4.69) is 29.5 Å². The lowest BCUT2D eigenvalue weighted by Crippen LogP contribution is -2.54. The highest BCUT2D eigenvalue weighted by atomic mass is 127. The molecule has 2 heterocycles. The first kappa shape index (κ1) is 20.3. The highest BCUT2D eigenvalue weighted by molar-refractivity contribution is 14.1. The van der Waals surface area contributed by atoms with Crippen molar-refractivity contribution in [3.05, 3.63) is 67.7 Å². The molecule has 0 aromatic heterocycles. The molecule has 2 unspecified atom stereocenters. The van der Waals surface area contributed by atoms with Crippen molar-refractivity contribution in [1.82, 2.24) is 9.80 Å². The zero-order chi connectivity index (χ0) is 20.7. The van der Waals surface area contributed by atoms with Crippen molar-refractivity contribution in [2.45, 2.75) is 25.8 Å². The van der Waals surface area contributed by atoms with Gasteiger partial charge in [0, 0.05) is 15.1 Å². The Hall–Kier alpha value is -1.93. The van der Waals surface area contributed by atoms with Gasteiger partial charge in [-0.25, -0.2) is 0 Å². The number of halogens is 2. The summed E-state index contributed by atoms with van der Waals surface area (Å²) in [4.78, 5) is 42.1. The first-order chi connectivity index (χ1) is 13.9. The monoisotopic (exact) mass is 522 g/mol. The van der Waals surface area contributed by atoms with Crippen LogP contribution in [0.15, 0.2) is 42.5 Å². The van der Waals surface area contributed by atoms with Gasteiger partial charge in [-0.2, -0.15) is 0 Å². The number of fused-ring (bicyclic) bond motifs is 1. The molecule has 0 spiro atoms. The summed E-state index contributed by atoms with van der Waals surface area (Å²) in [5.41, 5.74) is 1.42. The van der Waals surface area contributed by atoms with Gasteiger partial charge in [0.1, 0.15) is 0 Å². The van der Waals surface area contributed by atoms with Crippen molar-refractivity contribution in [2.75, 3.05) is 13.1 Å². The van der Waals surface area contributed by atoms with Crippen LogP contribution in [0, 0.1) is 9.49 Å². The Morgan fingerprint density at radius 2 is 1.79 bits per heavy atom. The van der Waals surface area contributed by atoms with Crippen LogP contribution in [0.25, 0.3) is 0 Å². The molecule has 0 saturated carbocycles. The lowest BCUT2D eigenvalue weighted by atomic mass is 9.89. The zero-order valence-corrected chi connectivity index (χ0v) is 18.8. The molecule has 2 aliphatic heterocycles. The number of likely N-dealkylation sites (tertiary alicyclic amines) is 1. The third kappa shape index (κ3) is 3.68. The van der Waals surface area contributed by atoms with Gasteiger partial charge in [0.15, 0.2) is 0 Å². The molecule has 0 N–H and O–H groups in total. The van der Waals surface area contributed by atoms with Gasteiger partial charge in [-0.1, -0.05) is 30.7 Å². The second-order valence-corrected chi connectivity index (χ2v) is 9.17. The van der Waals surface area contributed by atoms with E-state index < -0.39 is 0 Å². The van der Waals surface area contributed by atoms with Gasteiger partial charge in [-0.15, -0.1) is 0 Å². The molecule has 2 atom stereocenters. The number of carbonyl (C=O) groups is 3. The average Bonchev–Trinajstić information content (AvgIpc) is 2.96. The van der Waals surface area contributed by atoms with Crippen LogP contribution in [-0.4, -0.2) is 46.7 Å². The van der Waals surface area contributed by atoms with Crippen LogP contribution in [0.1, 0.15) is 50.8 Å². The molecule has 0 aliphatic carbocycles. The minimum absolute atomic E-state index is 0.106. The molecule has 3 amide bonds. The van der Waals surface area contributed by atoms with Gasteiger partial charge in [-0.3, -0.25) is 19.3 Å². The van der Waals surface area contributed by atoms with Crippen LogP contribution in [0.5, 0.6) is 0 Å². The van der Waals surface area contributed by atoms with E-state index >= 15 is 0 Å². The van der Waals surface area contributed by atoms with E-state index in [1.54, 1.807) is 36.4 Å². The summed E-state index contributed by atoms with van der Waals surface area (Å²) in [6.07, 6.45) is 1.84. The molecule has 2 aromatic rings. The largest absolute Gasteiger partial charge is 0.334 e. The molecule has 7 heteroatoms. The van der Waals surface area contributed by atoms with E-state index in [1.807, 2.05) is 11.0 Å². The number of rotatable bonds is 3. The molecule has 5 nitrogen and oxygen atoms in total. The fraction of sp³-hybridized carbons (Fsp3) is 0.318. The summed E-state index contributed by atoms with van der Waals surface area (Å²) in [7, 11) is 0. The molecule has 29 heavy (non-hydrogen) atoms. The molecular weight excluding hydrogens is 503 g/mol. The Kier molecular flexibility index (Phi) is 5.66. The van der Waals surface area contributed by atoms with E-state index in [1.165, 1.54) is 4.90 Å². The maximum atomic E-state index is 13.4. The molecule has 1 fully saturated rings. The van der Waals surface area contributed by atoms with E-state index in [0.717, 1.165) is 16.4 Å². The first-order valence-electron chi connectivity index (χ1n) is 9.59. The van der Waals surface area contributed by atoms with Crippen molar-refractivity contribution in [3.63, 3.8) is 0 Å². The predicted molar refractivity (Wildman–Crippen MR) is 119 cm³/mol. The summed E-state index contributed by atoms with van der Waals surface area (Å²) < 4.78 is 0.828. The molecular formula is C22H20ClIN2O3. The number of carbonyl (C=O) groups excluding carboxylic acids is 3. The Morgan fingerprint density at radius 3 is 2.45 bits per heavy atom. The van der Waals surface area contributed by atoms with Crippen LogP contribution < -0.4 is 0 Å². The predicted octanol–water partition coefficient (Wildman–Crippen LogP) is 4.48. The third-order valence-electron chi connectivity index (χ3n) is 5.78. The van der Waals surface area contributed by atoms with Gasteiger partial charge in [0.05, 0.1) is 29.3 Å². The minimum atomic E-state index is -0.284. The fourth-order valence-corrected chi connectivity index (χ4v) is 4.93. The average molecular weight is 523 g/mol. The zero-order valence-electron chi connectivity index (χ0n) is 15.9. The third-order valence-corrected chi connectivity index (χ3v) is 6.96. The van der Waals surface area contributed by atoms with Crippen molar-refractivity contribution >= 4 is 51.9 Å². The smallest absolute Gasteiger partial charge is 0.261 e. The molecule has 1 saturated heterocycles. The highest BCUT2D eigenvalue weighted by Gasteiger charge is 2.41. The number of hydrogen-bond donors (Lipinski definition) is 0. The summed E-state index contributed by atoms with van der Waals surface area (Å²) in [5, 5.41) is 0.510. The summed E-state index contributed by atoms with van der Waals surface area (Å²) in [6.45, 7) is 2.88. The number of benzene rings is 2. The fourth-order valence-electron chi connectivity index (χ4n) is 4.19. The van der Waals surface area contributed by atoms with Crippen molar-refractivity contribution in [2.24, 2.45) is 5.92 Å². The second-order valence-electron chi connectivity index (χ2n) is 7.58. The second kappa shape index (κ2) is 8.07. The number of nitrogens with zero attached hydrogens (tertiary/aromatic N) is 2. The lowest BCUT2D eigenvalue weighted by Gasteiger charge is -2.41. The number of piperidine rings is 1. The Labute approximate surface area is 188 Å². The number of imide groups is 1. The number of hydrogen-bond acceptors (Lipinski definition) is 3. The van der Waals surface area contributed by atoms with Gasteiger partial charge in [0.2, 0.25) is 0 Å². The van der Waals surface area contributed by atoms with Gasteiger partial charge >= 0.3 is 0 Å². The van der Waals surface area contributed by atoms with Crippen LogP contribution in [-0.2, 0) is 0 Å².